The summed E-state index contributed by atoms with van der Waals surface area (Å²) in [4.78, 5) is 38.0. The van der Waals surface area contributed by atoms with E-state index in [9.17, 15) is 32.9 Å². The van der Waals surface area contributed by atoms with Crippen LogP contribution in [0.3, 0.4) is 0 Å². The van der Waals surface area contributed by atoms with E-state index in [0.717, 1.165) is 16.5 Å². The van der Waals surface area contributed by atoms with Crippen LogP contribution in [0.15, 0.2) is 53.7 Å². The molecule has 2 aromatic carbocycles. The molecule has 0 saturated carbocycles. The fourth-order valence-electron chi connectivity index (χ4n) is 4.56. The number of anilines is 1. The Labute approximate surface area is 193 Å². The van der Waals surface area contributed by atoms with E-state index < -0.39 is 34.2 Å². The van der Waals surface area contributed by atoms with Gasteiger partial charge < -0.3 is 4.74 Å². The molecule has 7 nitrogen and oxygen atoms in total. The monoisotopic (exact) mass is 474 g/mol. The van der Waals surface area contributed by atoms with E-state index in [1.807, 2.05) is 6.92 Å². The molecule has 1 unspecified atom stereocenters. The van der Waals surface area contributed by atoms with Gasteiger partial charge in [0.15, 0.2) is 5.78 Å². The van der Waals surface area contributed by atoms with Gasteiger partial charge in [-0.25, -0.2) is 0 Å². The van der Waals surface area contributed by atoms with Gasteiger partial charge in [-0.05, 0) is 49.6 Å². The first kappa shape index (κ1) is 23.5. The predicted octanol–water partition coefficient (Wildman–Crippen LogP) is 5.54. The van der Waals surface area contributed by atoms with Crippen molar-refractivity contribution in [1.29, 1.82) is 0 Å². The van der Waals surface area contributed by atoms with Gasteiger partial charge in [-0.1, -0.05) is 12.1 Å². The lowest BCUT2D eigenvalue weighted by Crippen LogP contribution is -2.40. The molecule has 2 aromatic rings. The number of amides is 1. The van der Waals surface area contributed by atoms with Crippen molar-refractivity contribution in [2.24, 2.45) is 0 Å². The van der Waals surface area contributed by atoms with Gasteiger partial charge in [0.05, 0.1) is 17.1 Å². The highest BCUT2D eigenvalue weighted by Gasteiger charge is 2.42. The van der Waals surface area contributed by atoms with Crippen molar-refractivity contribution in [1.82, 2.24) is 0 Å². The maximum absolute atomic E-state index is 13.3. The smallest absolute Gasteiger partial charge is 0.416 e. The zero-order valence-corrected chi connectivity index (χ0v) is 18.2. The number of hydrogen-bond donors (Lipinski definition) is 0. The van der Waals surface area contributed by atoms with Crippen molar-refractivity contribution < 1.29 is 32.4 Å². The summed E-state index contributed by atoms with van der Waals surface area (Å²) in [7, 11) is 0. The van der Waals surface area contributed by atoms with E-state index in [4.69, 9.17) is 4.74 Å². The second-order valence-electron chi connectivity index (χ2n) is 8.08. The molecule has 0 bridgehead atoms. The van der Waals surface area contributed by atoms with Crippen LogP contribution in [0.1, 0.15) is 49.7 Å². The van der Waals surface area contributed by atoms with Gasteiger partial charge in [0, 0.05) is 36.1 Å². The minimum absolute atomic E-state index is 0.142. The highest BCUT2D eigenvalue weighted by atomic mass is 19.4. The van der Waals surface area contributed by atoms with E-state index in [2.05, 4.69) is 0 Å². The number of nitrogens with zero attached hydrogens (tertiary/aromatic N) is 2. The molecule has 0 radical (unpaired) electrons. The van der Waals surface area contributed by atoms with Crippen LogP contribution >= 0.6 is 0 Å². The minimum atomic E-state index is -4.78. The number of nitro groups is 1. The molecular formula is C24H21F3N2O5. The van der Waals surface area contributed by atoms with Crippen molar-refractivity contribution in [3.05, 3.63) is 75.0 Å². The zero-order valence-electron chi connectivity index (χ0n) is 18.2. The third kappa shape index (κ3) is 4.27. The predicted molar refractivity (Wildman–Crippen MR) is 116 cm³/mol. The molecule has 0 saturated heterocycles. The van der Waals surface area contributed by atoms with Gasteiger partial charge in [0.1, 0.15) is 11.4 Å². The number of carbonyl (C=O) groups is 2. The Morgan fingerprint density at radius 1 is 1.12 bits per heavy atom. The third-order valence-corrected chi connectivity index (χ3v) is 6.01. The van der Waals surface area contributed by atoms with Crippen LogP contribution in [-0.2, 0) is 15.8 Å². The topological polar surface area (TPSA) is 89.8 Å². The summed E-state index contributed by atoms with van der Waals surface area (Å²) in [5.41, 5.74) is -0.879. The Morgan fingerprint density at radius 2 is 1.82 bits per heavy atom. The molecule has 0 N–H and O–H groups in total. The number of halogens is 3. The van der Waals surface area contributed by atoms with Crippen molar-refractivity contribution >= 4 is 23.1 Å². The summed E-state index contributed by atoms with van der Waals surface area (Å²) in [5, 5.41) is 11.7. The molecule has 1 aliphatic heterocycles. The number of alkyl halides is 3. The molecule has 0 aromatic heterocycles. The fraction of sp³-hybridized carbons (Fsp3) is 0.333. The zero-order chi connectivity index (χ0) is 24.6. The summed E-state index contributed by atoms with van der Waals surface area (Å²) < 4.78 is 44.9. The highest BCUT2D eigenvalue weighted by Crippen LogP contribution is 2.46. The van der Waals surface area contributed by atoms with Gasteiger partial charge in [0.25, 0.3) is 5.69 Å². The van der Waals surface area contributed by atoms with E-state index in [1.165, 1.54) is 0 Å². The Bertz CT molecular complexity index is 1190. The van der Waals surface area contributed by atoms with E-state index in [0.29, 0.717) is 48.6 Å². The van der Waals surface area contributed by atoms with Crippen LogP contribution in [-0.4, -0.2) is 23.2 Å². The second-order valence-corrected chi connectivity index (χ2v) is 8.08. The van der Waals surface area contributed by atoms with Gasteiger partial charge in [-0.2, -0.15) is 13.2 Å². The van der Waals surface area contributed by atoms with E-state index in [1.54, 1.807) is 24.3 Å². The summed E-state index contributed by atoms with van der Waals surface area (Å²) in [6.45, 7) is 2.33. The maximum Gasteiger partial charge on any atom is 0.416 e. The second kappa shape index (κ2) is 8.92. The first-order valence-electron chi connectivity index (χ1n) is 10.8. The van der Waals surface area contributed by atoms with E-state index >= 15 is 0 Å². The van der Waals surface area contributed by atoms with Crippen molar-refractivity contribution in [2.45, 2.75) is 44.7 Å². The summed E-state index contributed by atoms with van der Waals surface area (Å²) in [5.74, 6) is -0.599. The Morgan fingerprint density at radius 3 is 2.44 bits per heavy atom. The van der Waals surface area contributed by atoms with Crippen LogP contribution in [0.2, 0.25) is 0 Å². The first-order chi connectivity index (χ1) is 16.1. The maximum atomic E-state index is 13.3. The number of allylic oxidation sites excluding steroid dienone is 2. The number of rotatable bonds is 5. The number of ether oxygens (including phenoxy) is 1. The molecule has 1 amide bonds. The molecule has 10 heteroatoms. The largest absolute Gasteiger partial charge is 0.494 e. The lowest BCUT2D eigenvalue weighted by Gasteiger charge is -2.38. The molecule has 4 rings (SSSR count). The van der Waals surface area contributed by atoms with Gasteiger partial charge in [0.2, 0.25) is 5.91 Å². The first-order valence-corrected chi connectivity index (χ1v) is 10.8. The van der Waals surface area contributed by atoms with Crippen LogP contribution in [0.25, 0.3) is 0 Å². The molecule has 1 atom stereocenters. The SMILES string of the molecule is CCOc1ccc(C2CC(=O)N(c3ccc(C(F)(F)F)cc3[N+](=O)[O-])C3=C2C(=O)CCC3)cc1. The van der Waals surface area contributed by atoms with Crippen LogP contribution in [0.5, 0.6) is 5.75 Å². The molecule has 2 aliphatic rings. The van der Waals surface area contributed by atoms with Crippen LogP contribution < -0.4 is 9.64 Å². The van der Waals surface area contributed by atoms with Crippen molar-refractivity contribution in [2.75, 3.05) is 11.5 Å². The standard InChI is InChI=1S/C24H21F3N2O5/c1-2-34-16-9-6-14(7-10-16)17-13-22(31)28(19-4-3-5-21(30)23(17)19)18-11-8-15(24(25,26)27)12-20(18)29(32)33/h6-12,17H,2-5,13H2,1H3. The van der Waals surface area contributed by atoms with Gasteiger partial charge >= 0.3 is 6.18 Å². The number of Topliss-reactive ketones (excluding diaryl/α,β-unsaturated/α-hetero) is 1. The van der Waals surface area contributed by atoms with Gasteiger partial charge in [-0.15, -0.1) is 0 Å². The quantitative estimate of drug-likeness (QED) is 0.419. The molecule has 0 fully saturated rings. The van der Waals surface area contributed by atoms with Crippen LogP contribution in [0, 0.1) is 10.1 Å². The Hall–Kier alpha value is -3.69. The Kier molecular flexibility index (Phi) is 6.16. The lowest BCUT2D eigenvalue weighted by atomic mass is 9.77. The fourth-order valence-corrected chi connectivity index (χ4v) is 4.56. The number of nitro benzene ring substituents is 1. The Balaban J connectivity index is 1.84. The summed E-state index contributed by atoms with van der Waals surface area (Å²) in [6, 6.07) is 9.08. The van der Waals surface area contributed by atoms with Crippen LogP contribution in [0.4, 0.5) is 24.5 Å². The number of carbonyl (C=O) groups excluding carboxylic acids is 2. The van der Waals surface area contributed by atoms with E-state index in [-0.39, 0.29) is 24.3 Å². The molecular weight excluding hydrogens is 453 g/mol. The van der Waals surface area contributed by atoms with Crippen molar-refractivity contribution in [3.63, 3.8) is 0 Å². The molecule has 0 spiro atoms. The third-order valence-electron chi connectivity index (χ3n) is 6.01. The molecule has 178 valence electrons. The molecule has 1 aliphatic carbocycles. The van der Waals surface area contributed by atoms with Crippen molar-refractivity contribution in [3.8, 4) is 5.75 Å². The molecule has 34 heavy (non-hydrogen) atoms. The minimum Gasteiger partial charge on any atom is -0.494 e. The lowest BCUT2D eigenvalue weighted by molar-refractivity contribution is -0.384. The summed E-state index contributed by atoms with van der Waals surface area (Å²) >= 11 is 0. The molecule has 1 heterocycles. The summed E-state index contributed by atoms with van der Waals surface area (Å²) in [6.07, 6.45) is -3.91. The number of hydrogen-bond acceptors (Lipinski definition) is 5. The average Bonchev–Trinajstić information content (AvgIpc) is 2.78. The highest BCUT2D eigenvalue weighted by molar-refractivity contribution is 6.08. The van der Waals surface area contributed by atoms with Gasteiger partial charge in [-0.3, -0.25) is 24.6 Å². The number of ketones is 1. The normalized spacial score (nSPS) is 18.7. The number of benzene rings is 2. The average molecular weight is 474 g/mol.